The van der Waals surface area contributed by atoms with Crippen LogP contribution >= 0.6 is 0 Å². The van der Waals surface area contributed by atoms with Crippen molar-refractivity contribution in [3.63, 3.8) is 0 Å². The third-order valence-electron chi connectivity index (χ3n) is 1.97. The number of rotatable bonds is 4. The molecule has 0 aromatic heterocycles. The smallest absolute Gasteiger partial charge is 0.153 e. The monoisotopic (exact) mass is 176 g/mol. The number of hydroxylamine groups is 4. The molecule has 0 aliphatic heterocycles. The molecule has 0 unspecified atom stereocenters. The molecule has 0 rings (SSSR count). The lowest BCUT2D eigenvalue weighted by molar-refractivity contribution is -1.26. The van der Waals surface area contributed by atoms with Gasteiger partial charge in [0.25, 0.3) is 0 Å². The normalized spacial score (nSPS) is 13.5. The van der Waals surface area contributed by atoms with Crippen LogP contribution in [0.25, 0.3) is 0 Å². The van der Waals surface area contributed by atoms with Gasteiger partial charge in [0.05, 0.1) is 0 Å². The maximum Gasteiger partial charge on any atom is 0.153 e. The first kappa shape index (κ1) is 11.9. The molecule has 74 valence electrons. The average Bonchev–Trinajstić information content (AvgIpc) is 1.86. The largest absolute Gasteiger partial charge is 0.168 e. The first-order chi connectivity index (χ1) is 5.37. The maximum absolute atomic E-state index is 5.55. The molecular weight excluding hydrogens is 154 g/mol. The second kappa shape index (κ2) is 4.21. The lowest BCUT2D eigenvalue weighted by Gasteiger charge is -2.38. The van der Waals surface area contributed by atoms with Crippen molar-refractivity contribution in [3.8, 4) is 0 Å². The first-order valence-corrected chi connectivity index (χ1v) is 4.53. The summed E-state index contributed by atoms with van der Waals surface area (Å²) in [6, 6.07) is 0. The molecule has 0 N–H and O–H groups in total. The molecule has 0 atom stereocenters. The summed E-state index contributed by atoms with van der Waals surface area (Å²) in [5.74, 6) is 0. The van der Waals surface area contributed by atoms with Crippen molar-refractivity contribution < 1.29 is 14.5 Å². The molecule has 0 spiro atoms. The fourth-order valence-corrected chi connectivity index (χ4v) is 0.917. The Bertz CT molecular complexity index is 123. The van der Waals surface area contributed by atoms with Gasteiger partial charge in [-0.2, -0.15) is 9.68 Å². The van der Waals surface area contributed by atoms with Crippen molar-refractivity contribution in [1.82, 2.24) is 0 Å². The highest BCUT2D eigenvalue weighted by atomic mass is 17.0. The van der Waals surface area contributed by atoms with Crippen LogP contribution in [0.15, 0.2) is 0 Å². The minimum atomic E-state index is -0.0496. The van der Waals surface area contributed by atoms with E-state index in [-0.39, 0.29) is 10.3 Å². The van der Waals surface area contributed by atoms with Crippen molar-refractivity contribution >= 4 is 0 Å². The second-order valence-corrected chi connectivity index (χ2v) is 3.85. The third-order valence-corrected chi connectivity index (χ3v) is 1.97. The molecule has 0 aromatic carbocycles. The number of hydrogen-bond donors (Lipinski definition) is 0. The van der Waals surface area contributed by atoms with E-state index >= 15 is 0 Å². The van der Waals surface area contributed by atoms with E-state index in [9.17, 15) is 0 Å². The zero-order valence-corrected chi connectivity index (χ0v) is 9.18. The van der Waals surface area contributed by atoms with Crippen LogP contribution in [0.5, 0.6) is 0 Å². The Morgan fingerprint density at radius 2 is 1.33 bits per heavy atom. The Kier molecular flexibility index (Phi) is 4.17. The lowest BCUT2D eigenvalue weighted by atomic mass is 10.1. The van der Waals surface area contributed by atoms with E-state index in [1.165, 1.54) is 0 Å². The van der Waals surface area contributed by atoms with Crippen molar-refractivity contribution in [2.45, 2.75) is 40.2 Å². The highest BCUT2D eigenvalue weighted by Crippen LogP contribution is 2.23. The van der Waals surface area contributed by atoms with Gasteiger partial charge in [0, 0.05) is 0 Å². The highest BCUT2D eigenvalue weighted by molar-refractivity contribution is 4.54. The van der Waals surface area contributed by atoms with E-state index in [2.05, 4.69) is 20.8 Å². The van der Waals surface area contributed by atoms with Crippen LogP contribution in [0.3, 0.4) is 0 Å². The first-order valence-electron chi connectivity index (χ1n) is 4.53. The van der Waals surface area contributed by atoms with Crippen LogP contribution in [0.2, 0.25) is 0 Å². The minimum Gasteiger partial charge on any atom is -0.168 e. The van der Waals surface area contributed by atoms with Gasteiger partial charge in [-0.15, -0.1) is 0 Å². The number of hydrogen-bond acceptors (Lipinski definition) is 2. The summed E-state index contributed by atoms with van der Waals surface area (Å²) in [6.07, 6.45) is 0. The molecule has 12 heavy (non-hydrogen) atoms. The summed E-state index contributed by atoms with van der Waals surface area (Å²) in [5, 5.41) is 0. The Labute approximate surface area is 75.8 Å². The standard InChI is InChI=1S/C9H22NO2/c1-7-11-10(6,12-8-2)9(3,4)5/h7-8H2,1-6H3/q+1. The van der Waals surface area contributed by atoms with Gasteiger partial charge >= 0.3 is 0 Å². The van der Waals surface area contributed by atoms with Crippen molar-refractivity contribution in [2.75, 3.05) is 20.3 Å². The SMILES string of the molecule is CCO[N+](C)(OCC)C(C)(C)C. The Morgan fingerprint density at radius 1 is 1.00 bits per heavy atom. The third kappa shape index (κ3) is 2.73. The van der Waals surface area contributed by atoms with Gasteiger partial charge in [-0.1, -0.05) is 0 Å². The van der Waals surface area contributed by atoms with Gasteiger partial charge < -0.3 is 0 Å². The molecule has 3 heteroatoms. The van der Waals surface area contributed by atoms with E-state index < -0.39 is 0 Å². The summed E-state index contributed by atoms with van der Waals surface area (Å²) in [5.41, 5.74) is -0.0496. The zero-order valence-electron chi connectivity index (χ0n) is 9.18. The molecule has 0 aliphatic rings. The summed E-state index contributed by atoms with van der Waals surface area (Å²) < 4.78 is 0. The fourth-order valence-electron chi connectivity index (χ4n) is 0.917. The van der Waals surface area contributed by atoms with E-state index in [1.807, 2.05) is 20.9 Å². The van der Waals surface area contributed by atoms with Crippen molar-refractivity contribution in [1.29, 1.82) is 0 Å². The molecule has 0 saturated carbocycles. The van der Waals surface area contributed by atoms with Crippen LogP contribution in [0, 0.1) is 0 Å². The van der Waals surface area contributed by atoms with E-state index in [4.69, 9.17) is 9.68 Å². The molecule has 0 saturated heterocycles. The van der Waals surface area contributed by atoms with Gasteiger partial charge in [-0.05, 0) is 39.4 Å². The predicted molar refractivity (Wildman–Crippen MR) is 49.2 cm³/mol. The molecule has 0 heterocycles. The van der Waals surface area contributed by atoms with Crippen LogP contribution in [0.4, 0.5) is 0 Å². The van der Waals surface area contributed by atoms with Gasteiger partial charge in [-0.25, -0.2) is 0 Å². The molecular formula is C9H22NO2+. The van der Waals surface area contributed by atoms with Crippen LogP contribution in [-0.2, 0) is 9.68 Å². The van der Waals surface area contributed by atoms with Gasteiger partial charge in [0.2, 0.25) is 0 Å². The predicted octanol–water partition coefficient (Wildman–Crippen LogP) is 2.13. The van der Waals surface area contributed by atoms with E-state index in [0.29, 0.717) is 13.2 Å². The molecule has 0 fully saturated rings. The topological polar surface area (TPSA) is 18.5 Å². The summed E-state index contributed by atoms with van der Waals surface area (Å²) >= 11 is 0. The van der Waals surface area contributed by atoms with Crippen LogP contribution < -0.4 is 0 Å². The van der Waals surface area contributed by atoms with Crippen LogP contribution in [-0.4, -0.2) is 30.6 Å². The molecule has 0 aliphatic carbocycles. The van der Waals surface area contributed by atoms with Crippen molar-refractivity contribution in [2.24, 2.45) is 0 Å². The Balaban J connectivity index is 4.38. The minimum absolute atomic E-state index is 0.0496. The Hall–Kier alpha value is -0.120. The second-order valence-electron chi connectivity index (χ2n) is 3.85. The van der Waals surface area contributed by atoms with E-state index in [0.717, 1.165) is 0 Å². The molecule has 3 nitrogen and oxygen atoms in total. The quantitative estimate of drug-likeness (QED) is 0.482. The average molecular weight is 176 g/mol. The fraction of sp³-hybridized carbons (Fsp3) is 1.00. The summed E-state index contributed by atoms with van der Waals surface area (Å²) in [4.78, 5) is 11.3. The van der Waals surface area contributed by atoms with E-state index in [1.54, 1.807) is 0 Å². The van der Waals surface area contributed by atoms with Gasteiger partial charge in [0.15, 0.2) is 5.54 Å². The summed E-state index contributed by atoms with van der Waals surface area (Å²) in [6.45, 7) is 11.6. The Morgan fingerprint density at radius 3 is 1.50 bits per heavy atom. The molecule has 0 bridgehead atoms. The van der Waals surface area contributed by atoms with Crippen molar-refractivity contribution in [3.05, 3.63) is 0 Å². The molecule has 0 amide bonds. The maximum atomic E-state index is 5.55. The number of quaternary nitrogens is 1. The highest BCUT2D eigenvalue weighted by Gasteiger charge is 2.40. The zero-order chi connectivity index (χ0) is 9.83. The molecule has 0 aromatic rings. The van der Waals surface area contributed by atoms with Gasteiger partial charge in [0.1, 0.15) is 20.3 Å². The molecule has 0 radical (unpaired) electrons. The lowest BCUT2D eigenvalue weighted by Crippen LogP contribution is -2.56. The van der Waals surface area contributed by atoms with Gasteiger partial charge in [-0.3, -0.25) is 0 Å². The number of nitrogens with zero attached hydrogens (tertiary/aromatic N) is 1. The van der Waals surface area contributed by atoms with Crippen LogP contribution in [0.1, 0.15) is 34.6 Å². The summed E-state index contributed by atoms with van der Waals surface area (Å²) in [7, 11) is 1.94.